The van der Waals surface area contributed by atoms with Gasteiger partial charge in [0, 0.05) is 0 Å². The third-order valence-electron chi connectivity index (χ3n) is 9.73. The first-order valence-electron chi connectivity index (χ1n) is 11.4. The fraction of sp³-hybridized carbons (Fsp3) is 1.00. The Morgan fingerprint density at radius 3 is 2.00 bits per heavy atom. The lowest BCUT2D eigenvalue weighted by molar-refractivity contribution is -0.0143. The molecule has 4 aliphatic rings. The summed E-state index contributed by atoms with van der Waals surface area (Å²) in [5.74, 6) is 6.30. The van der Waals surface area contributed by atoms with Crippen molar-refractivity contribution in [2.24, 2.45) is 46.3 Å². The average molecular weight is 331 g/mol. The van der Waals surface area contributed by atoms with Crippen molar-refractivity contribution in [1.29, 1.82) is 0 Å². The van der Waals surface area contributed by atoms with Crippen molar-refractivity contribution in [2.75, 3.05) is 0 Å². The van der Waals surface area contributed by atoms with Crippen molar-refractivity contribution in [3.63, 3.8) is 0 Å². The Kier molecular flexibility index (Phi) is 4.58. The molecule has 0 bridgehead atoms. The predicted molar refractivity (Wildman–Crippen MR) is 104 cm³/mol. The molecule has 0 N–H and O–H groups in total. The predicted octanol–water partition coefficient (Wildman–Crippen LogP) is 7.47. The van der Waals surface area contributed by atoms with Gasteiger partial charge in [-0.2, -0.15) is 0 Å². The molecular weight excluding hydrogens is 288 g/mol. The molecule has 24 heavy (non-hydrogen) atoms. The molecule has 6 unspecified atom stereocenters. The molecule has 4 aliphatic carbocycles. The zero-order chi connectivity index (χ0) is 16.9. The van der Waals surface area contributed by atoms with Crippen LogP contribution in [0.1, 0.15) is 105 Å². The zero-order valence-corrected chi connectivity index (χ0v) is 16.9. The van der Waals surface area contributed by atoms with Crippen molar-refractivity contribution in [3.05, 3.63) is 0 Å². The lowest BCUT2D eigenvalue weighted by Crippen LogP contribution is -2.43. The third kappa shape index (κ3) is 2.69. The first-order chi connectivity index (χ1) is 11.4. The molecule has 0 aliphatic heterocycles. The zero-order valence-electron chi connectivity index (χ0n) is 16.9. The Morgan fingerprint density at radius 2 is 1.29 bits per heavy atom. The van der Waals surface area contributed by atoms with E-state index in [9.17, 15) is 0 Å². The van der Waals surface area contributed by atoms with Gasteiger partial charge in [0.2, 0.25) is 0 Å². The maximum absolute atomic E-state index is 2.70. The van der Waals surface area contributed by atoms with E-state index in [0.717, 1.165) is 35.5 Å². The minimum atomic E-state index is 0.601. The van der Waals surface area contributed by atoms with E-state index < -0.39 is 0 Å². The lowest BCUT2D eigenvalue weighted by atomic mass is 9.55. The largest absolute Gasteiger partial charge is 0.0617 e. The van der Waals surface area contributed by atoms with Crippen LogP contribution in [0.4, 0.5) is 0 Å². The van der Waals surface area contributed by atoms with Gasteiger partial charge in [-0.1, -0.05) is 66.2 Å². The summed E-state index contributed by atoms with van der Waals surface area (Å²) in [5, 5.41) is 0. The second kappa shape index (κ2) is 6.31. The van der Waals surface area contributed by atoms with Crippen molar-refractivity contribution >= 4 is 0 Å². The Labute approximate surface area is 151 Å². The van der Waals surface area contributed by atoms with Gasteiger partial charge >= 0.3 is 0 Å². The van der Waals surface area contributed by atoms with Crippen LogP contribution >= 0.6 is 0 Å². The summed E-state index contributed by atoms with van der Waals surface area (Å²) in [4.78, 5) is 0. The molecule has 4 rings (SSSR count). The average Bonchev–Trinajstić information content (AvgIpc) is 2.91. The van der Waals surface area contributed by atoms with Gasteiger partial charge < -0.3 is 0 Å². The highest BCUT2D eigenvalue weighted by atomic mass is 14.6. The minimum Gasteiger partial charge on any atom is -0.0617 e. The summed E-state index contributed by atoms with van der Waals surface area (Å²) >= 11 is 0. The van der Waals surface area contributed by atoms with E-state index in [0.29, 0.717) is 10.8 Å². The molecule has 0 saturated heterocycles. The van der Waals surface area contributed by atoms with E-state index in [1.54, 1.807) is 19.3 Å². The number of rotatable bonds is 2. The molecule has 0 aromatic carbocycles. The second-order valence-corrected chi connectivity index (χ2v) is 11.3. The number of fused-ring (bicyclic) bond motifs is 3. The fourth-order valence-electron chi connectivity index (χ4n) is 8.43. The van der Waals surface area contributed by atoms with Crippen molar-refractivity contribution < 1.29 is 0 Å². The van der Waals surface area contributed by atoms with E-state index >= 15 is 0 Å². The van der Waals surface area contributed by atoms with Gasteiger partial charge in [-0.25, -0.2) is 0 Å². The smallest absolute Gasteiger partial charge is 0.0297 e. The SMILES string of the molecule is CC(C1C2CCCCC2C2CCCC(C)(C)C21)C1(C)CCCCC1. The molecule has 0 aromatic heterocycles. The highest BCUT2D eigenvalue weighted by molar-refractivity contribution is 5.07. The first-order valence-corrected chi connectivity index (χ1v) is 11.4. The van der Waals surface area contributed by atoms with E-state index in [4.69, 9.17) is 0 Å². The van der Waals surface area contributed by atoms with Gasteiger partial charge in [0.25, 0.3) is 0 Å². The fourth-order valence-corrected chi connectivity index (χ4v) is 8.43. The molecule has 4 saturated carbocycles. The maximum Gasteiger partial charge on any atom is -0.0297 e. The molecule has 0 aromatic rings. The van der Waals surface area contributed by atoms with Crippen molar-refractivity contribution in [2.45, 2.75) is 105 Å². The molecule has 0 radical (unpaired) electrons. The Hall–Kier alpha value is 0. The van der Waals surface area contributed by atoms with Gasteiger partial charge in [0.1, 0.15) is 0 Å². The standard InChI is InChI=1S/C24H42/c1-17(24(4)15-8-5-9-16-24)21-19-12-7-6-11-18(19)20-13-10-14-23(2,3)22(20)21/h17-22H,5-16H2,1-4H3. The molecule has 0 heteroatoms. The van der Waals surface area contributed by atoms with E-state index in [1.165, 1.54) is 57.8 Å². The topological polar surface area (TPSA) is 0 Å². The highest BCUT2D eigenvalue weighted by Gasteiger charge is 2.59. The highest BCUT2D eigenvalue weighted by Crippen LogP contribution is 2.66. The summed E-state index contributed by atoms with van der Waals surface area (Å²) < 4.78 is 0. The van der Waals surface area contributed by atoms with Crippen LogP contribution in [-0.4, -0.2) is 0 Å². The van der Waals surface area contributed by atoms with E-state index in [2.05, 4.69) is 27.7 Å². The molecule has 6 atom stereocenters. The third-order valence-corrected chi connectivity index (χ3v) is 9.73. The Balaban J connectivity index is 1.67. The molecular formula is C24H42. The van der Waals surface area contributed by atoms with Crippen LogP contribution in [0.2, 0.25) is 0 Å². The molecule has 0 amide bonds. The molecule has 138 valence electrons. The van der Waals surface area contributed by atoms with Crippen LogP contribution in [0.3, 0.4) is 0 Å². The monoisotopic (exact) mass is 330 g/mol. The normalized spacial score (nSPS) is 45.2. The van der Waals surface area contributed by atoms with Gasteiger partial charge in [-0.05, 0) is 84.9 Å². The Bertz CT molecular complexity index is 441. The van der Waals surface area contributed by atoms with E-state index in [1.807, 2.05) is 0 Å². The maximum atomic E-state index is 2.70. The van der Waals surface area contributed by atoms with E-state index in [-0.39, 0.29) is 0 Å². The first kappa shape index (κ1) is 17.4. The second-order valence-electron chi connectivity index (χ2n) is 11.3. The molecule has 0 spiro atoms. The van der Waals surface area contributed by atoms with Crippen LogP contribution in [0, 0.1) is 46.3 Å². The molecule has 0 heterocycles. The van der Waals surface area contributed by atoms with Crippen molar-refractivity contribution in [3.8, 4) is 0 Å². The minimum absolute atomic E-state index is 0.601. The Morgan fingerprint density at radius 1 is 0.667 bits per heavy atom. The summed E-state index contributed by atoms with van der Waals surface area (Å²) in [5.41, 5.74) is 1.25. The summed E-state index contributed by atoms with van der Waals surface area (Å²) in [7, 11) is 0. The van der Waals surface area contributed by atoms with Gasteiger partial charge in [0.05, 0.1) is 0 Å². The van der Waals surface area contributed by atoms with Crippen LogP contribution in [-0.2, 0) is 0 Å². The lowest BCUT2D eigenvalue weighted by Gasteiger charge is -2.50. The summed E-state index contributed by atoms with van der Waals surface area (Å²) in [6.45, 7) is 10.7. The summed E-state index contributed by atoms with van der Waals surface area (Å²) in [6.07, 6.45) is 18.3. The quantitative estimate of drug-likeness (QED) is 0.492. The number of hydrogen-bond acceptors (Lipinski definition) is 0. The van der Waals surface area contributed by atoms with Gasteiger partial charge in [0.15, 0.2) is 0 Å². The summed E-state index contributed by atoms with van der Waals surface area (Å²) in [6, 6.07) is 0. The molecule has 0 nitrogen and oxygen atoms in total. The van der Waals surface area contributed by atoms with Gasteiger partial charge in [-0.3, -0.25) is 0 Å². The van der Waals surface area contributed by atoms with Crippen LogP contribution < -0.4 is 0 Å². The number of hydrogen-bond donors (Lipinski definition) is 0. The van der Waals surface area contributed by atoms with Gasteiger partial charge in [-0.15, -0.1) is 0 Å². The molecule has 4 fully saturated rings. The van der Waals surface area contributed by atoms with Crippen molar-refractivity contribution in [1.82, 2.24) is 0 Å². The van der Waals surface area contributed by atoms with Crippen LogP contribution in [0.25, 0.3) is 0 Å². The van der Waals surface area contributed by atoms with Crippen LogP contribution in [0.15, 0.2) is 0 Å². The van der Waals surface area contributed by atoms with Crippen LogP contribution in [0.5, 0.6) is 0 Å².